The number of aryl methyl sites for hydroxylation is 1. The molecule has 1 fully saturated rings. The molecule has 0 unspecified atom stereocenters. The van der Waals surface area contributed by atoms with E-state index in [-0.39, 0.29) is 5.56 Å². The summed E-state index contributed by atoms with van der Waals surface area (Å²) in [7, 11) is 0. The lowest BCUT2D eigenvalue weighted by atomic mass is 9.99. The zero-order valence-electron chi connectivity index (χ0n) is 17.1. The van der Waals surface area contributed by atoms with Gasteiger partial charge in [0.2, 0.25) is 0 Å². The Morgan fingerprint density at radius 3 is 2.59 bits per heavy atom. The van der Waals surface area contributed by atoms with Gasteiger partial charge in [-0.2, -0.15) is 13.2 Å². The van der Waals surface area contributed by atoms with Crippen molar-refractivity contribution in [1.82, 2.24) is 20.6 Å². The first-order chi connectivity index (χ1) is 15.4. The molecule has 166 valence electrons. The third kappa shape index (κ3) is 5.65. The van der Waals surface area contributed by atoms with Crippen molar-refractivity contribution in [2.45, 2.75) is 31.9 Å². The SMILES string of the molecule is Oc1ccc(C#Cc2ccc(-c3nnn[nH]3)cc2CCCOCC2CC2)c(C(F)(F)F)c1. The second-order valence-corrected chi connectivity index (χ2v) is 7.72. The molecule has 6 nitrogen and oxygen atoms in total. The summed E-state index contributed by atoms with van der Waals surface area (Å²) >= 11 is 0. The Bertz CT molecular complexity index is 1130. The van der Waals surface area contributed by atoms with Gasteiger partial charge in [-0.15, -0.1) is 5.10 Å². The fraction of sp³-hybridized carbons (Fsp3) is 0.348. The van der Waals surface area contributed by atoms with Gasteiger partial charge in [0, 0.05) is 29.9 Å². The molecule has 1 aliphatic rings. The van der Waals surface area contributed by atoms with Crippen LogP contribution in [0, 0.1) is 17.8 Å². The van der Waals surface area contributed by atoms with Crippen molar-refractivity contribution < 1.29 is 23.0 Å². The third-order valence-corrected chi connectivity index (χ3v) is 5.15. The molecule has 0 aliphatic heterocycles. The summed E-state index contributed by atoms with van der Waals surface area (Å²) in [5.74, 6) is 6.21. The van der Waals surface area contributed by atoms with Crippen LogP contribution in [-0.2, 0) is 17.3 Å². The number of phenols is 1. The van der Waals surface area contributed by atoms with Crippen LogP contribution in [0.15, 0.2) is 36.4 Å². The Morgan fingerprint density at radius 2 is 1.88 bits per heavy atom. The Kier molecular flexibility index (Phi) is 6.42. The van der Waals surface area contributed by atoms with Crippen LogP contribution in [0.1, 0.15) is 41.5 Å². The predicted molar refractivity (Wildman–Crippen MR) is 111 cm³/mol. The highest BCUT2D eigenvalue weighted by Gasteiger charge is 2.33. The van der Waals surface area contributed by atoms with E-state index < -0.39 is 17.5 Å². The highest BCUT2D eigenvalue weighted by Crippen LogP contribution is 2.34. The van der Waals surface area contributed by atoms with Gasteiger partial charge in [0.05, 0.1) is 5.56 Å². The van der Waals surface area contributed by atoms with Gasteiger partial charge in [-0.3, -0.25) is 0 Å². The van der Waals surface area contributed by atoms with Crippen LogP contribution in [0.5, 0.6) is 5.75 Å². The van der Waals surface area contributed by atoms with E-state index in [1.165, 1.54) is 25.0 Å². The number of aromatic hydroxyl groups is 1. The zero-order valence-corrected chi connectivity index (χ0v) is 17.1. The Hall–Kier alpha value is -3.38. The molecule has 1 aromatic heterocycles. The van der Waals surface area contributed by atoms with Gasteiger partial charge in [0.25, 0.3) is 0 Å². The minimum Gasteiger partial charge on any atom is -0.508 e. The number of tetrazole rings is 1. The molecule has 0 atom stereocenters. The quantitative estimate of drug-likeness (QED) is 0.420. The molecule has 1 aliphatic carbocycles. The summed E-state index contributed by atoms with van der Waals surface area (Å²) in [6.45, 7) is 1.38. The number of alkyl halides is 3. The van der Waals surface area contributed by atoms with E-state index in [1.54, 1.807) is 12.1 Å². The molecule has 0 spiro atoms. The summed E-state index contributed by atoms with van der Waals surface area (Å²) in [6.07, 6.45) is -0.764. The molecule has 1 heterocycles. The number of hydrogen-bond acceptors (Lipinski definition) is 5. The van der Waals surface area contributed by atoms with E-state index in [1.807, 2.05) is 6.07 Å². The minimum atomic E-state index is -4.62. The smallest absolute Gasteiger partial charge is 0.417 e. The molecule has 9 heteroatoms. The highest BCUT2D eigenvalue weighted by molar-refractivity contribution is 5.60. The average Bonchev–Trinajstić information content (AvgIpc) is 3.42. The van der Waals surface area contributed by atoms with Gasteiger partial charge >= 0.3 is 6.18 Å². The fourth-order valence-corrected chi connectivity index (χ4v) is 3.26. The highest BCUT2D eigenvalue weighted by atomic mass is 19.4. The normalized spacial score (nSPS) is 13.6. The first-order valence-electron chi connectivity index (χ1n) is 10.3. The summed E-state index contributed by atoms with van der Waals surface area (Å²) < 4.78 is 45.7. The maximum absolute atomic E-state index is 13.3. The molecular weight excluding hydrogens is 421 g/mol. The van der Waals surface area contributed by atoms with E-state index in [9.17, 15) is 18.3 Å². The summed E-state index contributed by atoms with van der Waals surface area (Å²) in [6, 6.07) is 8.44. The molecule has 0 saturated heterocycles. The van der Waals surface area contributed by atoms with Crippen LogP contribution >= 0.6 is 0 Å². The van der Waals surface area contributed by atoms with E-state index in [0.717, 1.165) is 24.2 Å². The lowest BCUT2D eigenvalue weighted by Gasteiger charge is -2.10. The van der Waals surface area contributed by atoms with Crippen LogP contribution in [-0.4, -0.2) is 38.9 Å². The van der Waals surface area contributed by atoms with Crippen molar-refractivity contribution in [1.29, 1.82) is 0 Å². The average molecular weight is 442 g/mol. The van der Waals surface area contributed by atoms with Crippen LogP contribution < -0.4 is 0 Å². The van der Waals surface area contributed by atoms with Crippen LogP contribution in [0.3, 0.4) is 0 Å². The van der Waals surface area contributed by atoms with Crippen molar-refractivity contribution in [3.8, 4) is 29.0 Å². The van der Waals surface area contributed by atoms with Crippen molar-refractivity contribution in [2.75, 3.05) is 13.2 Å². The number of aromatic amines is 1. The van der Waals surface area contributed by atoms with Crippen molar-refractivity contribution in [2.24, 2.45) is 5.92 Å². The first-order valence-corrected chi connectivity index (χ1v) is 10.3. The van der Waals surface area contributed by atoms with E-state index in [0.29, 0.717) is 36.4 Å². The van der Waals surface area contributed by atoms with Crippen molar-refractivity contribution in [3.63, 3.8) is 0 Å². The number of rotatable bonds is 7. The van der Waals surface area contributed by atoms with Gasteiger partial charge in [0.15, 0.2) is 5.82 Å². The number of ether oxygens (including phenoxy) is 1. The van der Waals surface area contributed by atoms with Gasteiger partial charge < -0.3 is 9.84 Å². The number of nitrogens with one attached hydrogen (secondary N) is 1. The van der Waals surface area contributed by atoms with Gasteiger partial charge in [-0.05, 0) is 84.0 Å². The van der Waals surface area contributed by atoms with Crippen molar-refractivity contribution >= 4 is 0 Å². The number of halogens is 3. The van der Waals surface area contributed by atoms with Crippen LogP contribution in [0.4, 0.5) is 13.2 Å². The molecule has 0 bridgehead atoms. The van der Waals surface area contributed by atoms with Crippen molar-refractivity contribution in [3.05, 3.63) is 58.7 Å². The number of benzene rings is 2. The van der Waals surface area contributed by atoms with Gasteiger partial charge in [-0.25, -0.2) is 5.10 Å². The fourth-order valence-electron chi connectivity index (χ4n) is 3.26. The second kappa shape index (κ2) is 9.40. The van der Waals surface area contributed by atoms with Crippen LogP contribution in [0.25, 0.3) is 11.4 Å². The van der Waals surface area contributed by atoms with Crippen LogP contribution in [0.2, 0.25) is 0 Å². The minimum absolute atomic E-state index is 0.197. The zero-order chi connectivity index (χ0) is 22.6. The molecule has 0 amide bonds. The van der Waals surface area contributed by atoms with E-state index >= 15 is 0 Å². The maximum atomic E-state index is 13.3. The second-order valence-electron chi connectivity index (χ2n) is 7.72. The standard InChI is InChI=1S/C23H21F3N4O2/c24-23(25,26)21-13-20(31)10-9-17(21)7-5-16-6-8-19(22-27-29-30-28-22)12-18(16)2-1-11-32-14-15-3-4-15/h6,8-10,12-13,15,31H,1-4,11,14H2,(H,27,28,29,30). The van der Waals surface area contributed by atoms with E-state index in [2.05, 4.69) is 32.5 Å². The summed E-state index contributed by atoms with van der Waals surface area (Å²) in [5.41, 5.74) is 1.08. The Morgan fingerprint density at radius 1 is 1.09 bits per heavy atom. The van der Waals surface area contributed by atoms with Gasteiger partial charge in [-0.1, -0.05) is 11.8 Å². The lowest BCUT2D eigenvalue weighted by molar-refractivity contribution is -0.137. The molecule has 3 aromatic rings. The maximum Gasteiger partial charge on any atom is 0.417 e. The van der Waals surface area contributed by atoms with E-state index in [4.69, 9.17) is 4.74 Å². The Labute approximate surface area is 182 Å². The summed E-state index contributed by atoms with van der Waals surface area (Å²) in [4.78, 5) is 0. The molecule has 1 saturated carbocycles. The Balaban J connectivity index is 1.59. The number of hydrogen-bond donors (Lipinski definition) is 2. The molecule has 0 radical (unpaired) electrons. The molecule has 2 aromatic carbocycles. The molecule has 2 N–H and O–H groups in total. The number of phenolic OH excluding ortho intramolecular Hbond substituents is 1. The topological polar surface area (TPSA) is 83.9 Å². The monoisotopic (exact) mass is 442 g/mol. The largest absolute Gasteiger partial charge is 0.508 e. The predicted octanol–water partition coefficient (Wildman–Crippen LogP) is 4.35. The van der Waals surface area contributed by atoms with Gasteiger partial charge in [0.1, 0.15) is 5.75 Å². The number of nitrogens with zero attached hydrogens (tertiary/aromatic N) is 3. The molecular formula is C23H21F3N4O2. The molecule has 32 heavy (non-hydrogen) atoms. The third-order valence-electron chi connectivity index (χ3n) is 5.15. The molecule has 4 rings (SSSR count). The number of aromatic nitrogens is 4. The number of H-pyrrole nitrogens is 1. The first kappa shape index (κ1) is 21.8. The summed E-state index contributed by atoms with van der Waals surface area (Å²) in [5, 5.41) is 23.2. The lowest BCUT2D eigenvalue weighted by Crippen LogP contribution is -2.07.